The summed E-state index contributed by atoms with van der Waals surface area (Å²) in [4.78, 5) is 31.0. The van der Waals surface area contributed by atoms with Crippen LogP contribution in [0.2, 0.25) is 0 Å². The molecule has 1 N–H and O–H groups in total. The van der Waals surface area contributed by atoms with Gasteiger partial charge in [0.15, 0.2) is 0 Å². The number of anilines is 1. The molecule has 0 aliphatic heterocycles. The molecule has 0 radical (unpaired) electrons. The van der Waals surface area contributed by atoms with E-state index in [4.69, 9.17) is 4.74 Å². The molecule has 9 heteroatoms. The second-order valence-electron chi connectivity index (χ2n) is 7.94. The number of ether oxygens (including phenoxy) is 1. The fraction of sp³-hybridized carbons (Fsp3) is 0.409. The molecular formula is C22H29F2N3O3S. The first-order valence-corrected chi connectivity index (χ1v) is 9.65. The van der Waals surface area contributed by atoms with Crippen LogP contribution < -0.4 is 10.2 Å². The van der Waals surface area contributed by atoms with Gasteiger partial charge in [0, 0.05) is 25.2 Å². The number of halogens is 2. The molecule has 2 aromatic rings. The minimum Gasteiger partial charge on any atom is -0.444 e. The second kappa shape index (κ2) is 11.1. The maximum absolute atomic E-state index is 13.6. The molecule has 0 saturated carbocycles. The highest BCUT2D eigenvalue weighted by atomic mass is 32.1. The van der Waals surface area contributed by atoms with Crippen LogP contribution in [0, 0.1) is 11.6 Å². The molecule has 1 aromatic heterocycles. The molecule has 0 aliphatic carbocycles. The lowest BCUT2D eigenvalue weighted by atomic mass is 10.0. The SMILES string of the molecule is CCc1ccc(N(C)C(=O)[C@H](Cc2cc(F)cc(F)c2)NC(=O)OC(C)(C)C)cn1.S. The van der Waals surface area contributed by atoms with Gasteiger partial charge in [-0.05, 0) is 57.0 Å². The summed E-state index contributed by atoms with van der Waals surface area (Å²) in [6.07, 6.45) is 1.40. The number of pyridine rings is 1. The Balaban J connectivity index is 0.00000480. The van der Waals surface area contributed by atoms with E-state index in [1.165, 1.54) is 4.90 Å². The first-order valence-electron chi connectivity index (χ1n) is 9.65. The van der Waals surface area contributed by atoms with Crippen molar-refractivity contribution in [2.24, 2.45) is 0 Å². The summed E-state index contributed by atoms with van der Waals surface area (Å²) in [7, 11) is 1.54. The molecule has 31 heavy (non-hydrogen) atoms. The van der Waals surface area contributed by atoms with Crippen molar-refractivity contribution in [3.63, 3.8) is 0 Å². The summed E-state index contributed by atoms with van der Waals surface area (Å²) >= 11 is 0. The molecule has 2 amide bonds. The molecule has 0 spiro atoms. The van der Waals surface area contributed by atoms with Gasteiger partial charge >= 0.3 is 6.09 Å². The minimum absolute atomic E-state index is 0. The van der Waals surface area contributed by atoms with Gasteiger partial charge in [0.05, 0.1) is 11.9 Å². The van der Waals surface area contributed by atoms with Gasteiger partial charge in [-0.1, -0.05) is 6.92 Å². The Bertz CT molecular complexity index is 882. The number of alkyl carbamates (subject to hydrolysis) is 1. The van der Waals surface area contributed by atoms with Crippen LogP contribution in [0.15, 0.2) is 36.5 Å². The van der Waals surface area contributed by atoms with Crippen molar-refractivity contribution >= 4 is 31.2 Å². The van der Waals surface area contributed by atoms with E-state index in [1.807, 2.05) is 6.92 Å². The number of hydrogen-bond acceptors (Lipinski definition) is 4. The zero-order valence-corrected chi connectivity index (χ0v) is 19.3. The van der Waals surface area contributed by atoms with Gasteiger partial charge in [-0.2, -0.15) is 13.5 Å². The van der Waals surface area contributed by atoms with Gasteiger partial charge in [0.2, 0.25) is 5.91 Å². The normalized spacial score (nSPS) is 11.8. The molecule has 1 atom stereocenters. The van der Waals surface area contributed by atoms with Crippen molar-refractivity contribution in [3.8, 4) is 0 Å². The van der Waals surface area contributed by atoms with Crippen LogP contribution in [-0.4, -0.2) is 35.7 Å². The lowest BCUT2D eigenvalue weighted by molar-refractivity contribution is -0.120. The van der Waals surface area contributed by atoms with Crippen LogP contribution in [0.25, 0.3) is 0 Å². The van der Waals surface area contributed by atoms with Gasteiger partial charge in [-0.25, -0.2) is 13.6 Å². The number of hydrogen-bond donors (Lipinski definition) is 1. The highest BCUT2D eigenvalue weighted by Gasteiger charge is 2.28. The Kier molecular flexibility index (Phi) is 9.42. The maximum atomic E-state index is 13.6. The van der Waals surface area contributed by atoms with Gasteiger partial charge in [-0.15, -0.1) is 0 Å². The maximum Gasteiger partial charge on any atom is 0.408 e. The number of rotatable bonds is 6. The van der Waals surface area contributed by atoms with E-state index in [2.05, 4.69) is 10.3 Å². The largest absolute Gasteiger partial charge is 0.444 e. The molecule has 0 saturated heterocycles. The van der Waals surface area contributed by atoms with Crippen molar-refractivity contribution in [1.29, 1.82) is 0 Å². The quantitative estimate of drug-likeness (QED) is 0.714. The van der Waals surface area contributed by atoms with Gasteiger partial charge in [0.25, 0.3) is 0 Å². The Morgan fingerprint density at radius 3 is 2.26 bits per heavy atom. The van der Waals surface area contributed by atoms with Crippen LogP contribution in [0.5, 0.6) is 0 Å². The van der Waals surface area contributed by atoms with Crippen LogP contribution in [-0.2, 0) is 22.4 Å². The summed E-state index contributed by atoms with van der Waals surface area (Å²) in [6.45, 7) is 7.05. The molecule has 1 heterocycles. The fourth-order valence-electron chi connectivity index (χ4n) is 2.80. The van der Waals surface area contributed by atoms with Crippen molar-refractivity contribution in [2.45, 2.75) is 52.2 Å². The molecule has 0 fully saturated rings. The van der Waals surface area contributed by atoms with Gasteiger partial charge < -0.3 is 15.0 Å². The van der Waals surface area contributed by atoms with Crippen LogP contribution >= 0.6 is 13.5 Å². The number of nitrogens with zero attached hydrogens (tertiary/aromatic N) is 2. The summed E-state index contributed by atoms with van der Waals surface area (Å²) in [5.74, 6) is -2.00. The van der Waals surface area contributed by atoms with E-state index < -0.39 is 35.3 Å². The topological polar surface area (TPSA) is 71.5 Å². The molecule has 2 rings (SSSR count). The van der Waals surface area contributed by atoms with Crippen molar-refractivity contribution in [3.05, 3.63) is 59.4 Å². The minimum atomic E-state index is -1.10. The van der Waals surface area contributed by atoms with Crippen LogP contribution in [0.1, 0.15) is 39.0 Å². The van der Waals surface area contributed by atoms with Gasteiger partial charge in [0.1, 0.15) is 23.3 Å². The molecule has 0 unspecified atom stereocenters. The Morgan fingerprint density at radius 2 is 1.77 bits per heavy atom. The summed E-state index contributed by atoms with van der Waals surface area (Å²) in [5, 5.41) is 2.52. The van der Waals surface area contributed by atoms with E-state index in [9.17, 15) is 18.4 Å². The third-order valence-corrected chi connectivity index (χ3v) is 4.24. The standard InChI is InChI=1S/C22H27F2N3O3.H2S/c1-6-17-7-8-18(13-25-17)27(5)20(28)19(26-21(29)30-22(2,3)4)11-14-9-15(23)12-16(24)10-14;/h7-10,12-13,19H,6,11H2,1-5H3,(H,26,29);1H2/t19-;/m0./s1. The average molecular weight is 454 g/mol. The predicted octanol–water partition coefficient (Wildman–Crippen LogP) is 4.13. The predicted molar refractivity (Wildman–Crippen MR) is 121 cm³/mol. The lowest BCUT2D eigenvalue weighted by Crippen LogP contribution is -2.50. The zero-order chi connectivity index (χ0) is 22.5. The van der Waals surface area contributed by atoms with Crippen molar-refractivity contribution in [1.82, 2.24) is 10.3 Å². The third kappa shape index (κ3) is 8.16. The molecule has 0 aliphatic rings. The number of aromatic nitrogens is 1. The first-order chi connectivity index (χ1) is 14.0. The first kappa shape index (κ1) is 26.4. The Labute approximate surface area is 188 Å². The highest BCUT2D eigenvalue weighted by Crippen LogP contribution is 2.17. The van der Waals surface area contributed by atoms with E-state index in [1.54, 1.807) is 46.1 Å². The number of likely N-dealkylation sites (N-methyl/N-ethyl adjacent to an activating group) is 1. The van der Waals surface area contributed by atoms with Crippen molar-refractivity contribution in [2.75, 3.05) is 11.9 Å². The molecular weight excluding hydrogens is 424 g/mol. The Hall–Kier alpha value is -2.68. The molecule has 170 valence electrons. The molecule has 1 aromatic carbocycles. The number of aryl methyl sites for hydroxylation is 1. The number of carbonyl (C=O) groups excluding carboxylic acids is 2. The number of carbonyl (C=O) groups is 2. The van der Waals surface area contributed by atoms with E-state index in [-0.39, 0.29) is 25.5 Å². The van der Waals surface area contributed by atoms with E-state index in [0.717, 1.165) is 30.3 Å². The molecule has 0 bridgehead atoms. The number of amides is 2. The van der Waals surface area contributed by atoms with Crippen LogP contribution in [0.4, 0.5) is 19.3 Å². The Morgan fingerprint density at radius 1 is 1.16 bits per heavy atom. The van der Waals surface area contributed by atoms with Crippen molar-refractivity contribution < 1.29 is 23.1 Å². The third-order valence-electron chi connectivity index (χ3n) is 4.24. The smallest absolute Gasteiger partial charge is 0.408 e. The molecule has 6 nitrogen and oxygen atoms in total. The fourth-order valence-corrected chi connectivity index (χ4v) is 2.80. The monoisotopic (exact) mass is 453 g/mol. The average Bonchev–Trinajstić information content (AvgIpc) is 2.64. The lowest BCUT2D eigenvalue weighted by Gasteiger charge is -2.26. The van der Waals surface area contributed by atoms with E-state index >= 15 is 0 Å². The summed E-state index contributed by atoms with van der Waals surface area (Å²) in [5.41, 5.74) is 0.862. The summed E-state index contributed by atoms with van der Waals surface area (Å²) in [6, 6.07) is 5.44. The second-order valence-corrected chi connectivity index (χ2v) is 7.94. The van der Waals surface area contributed by atoms with Gasteiger partial charge in [-0.3, -0.25) is 9.78 Å². The summed E-state index contributed by atoms with van der Waals surface area (Å²) < 4.78 is 32.4. The van der Waals surface area contributed by atoms with E-state index in [0.29, 0.717) is 5.69 Å². The number of nitrogens with one attached hydrogen (secondary N) is 1. The van der Waals surface area contributed by atoms with Crippen LogP contribution in [0.3, 0.4) is 0 Å². The zero-order valence-electron chi connectivity index (χ0n) is 18.3. The number of benzene rings is 1. The highest BCUT2D eigenvalue weighted by molar-refractivity contribution is 7.59.